The average Bonchev–Trinajstić information content (AvgIpc) is 2.50. The van der Waals surface area contributed by atoms with E-state index in [0.717, 1.165) is 38.4 Å². The highest BCUT2D eigenvalue weighted by Crippen LogP contribution is 2.13. The van der Waals surface area contributed by atoms with Crippen LogP contribution in [-0.4, -0.2) is 51.7 Å². The van der Waals surface area contributed by atoms with Gasteiger partial charge in [0, 0.05) is 0 Å². The Balaban J connectivity index is 1.55. The zero-order chi connectivity index (χ0) is 15.8. The lowest BCUT2D eigenvalue weighted by Gasteiger charge is -2.32. The number of hydrogen-bond acceptors (Lipinski definition) is 3. The highest BCUT2D eigenvalue weighted by atomic mass is 16.5. The molecule has 22 heavy (non-hydrogen) atoms. The molecule has 0 bridgehead atoms. The van der Waals surface area contributed by atoms with Crippen LogP contribution < -0.4 is 9.64 Å². The molecule has 0 aliphatic carbocycles. The minimum Gasteiger partial charge on any atom is -0.491 e. The van der Waals surface area contributed by atoms with Crippen LogP contribution in [0.5, 0.6) is 5.75 Å². The van der Waals surface area contributed by atoms with Gasteiger partial charge in [0.25, 0.3) is 0 Å². The van der Waals surface area contributed by atoms with Crippen LogP contribution in [0.1, 0.15) is 26.3 Å². The zero-order valence-corrected chi connectivity index (χ0v) is 14.1. The normalized spacial score (nSPS) is 25.1. The number of hydrogen-bond donors (Lipinski definition) is 1. The van der Waals surface area contributed by atoms with Gasteiger partial charge in [-0.3, -0.25) is 0 Å². The Hall–Kier alpha value is -1.10. The van der Waals surface area contributed by atoms with Crippen molar-refractivity contribution in [1.82, 2.24) is 0 Å². The number of rotatable bonds is 8. The van der Waals surface area contributed by atoms with E-state index in [1.165, 1.54) is 5.56 Å². The Morgan fingerprint density at radius 3 is 2.64 bits per heavy atom. The van der Waals surface area contributed by atoms with Gasteiger partial charge in [-0.1, -0.05) is 19.1 Å². The van der Waals surface area contributed by atoms with Crippen LogP contribution in [0.2, 0.25) is 0 Å². The van der Waals surface area contributed by atoms with Gasteiger partial charge in [0.15, 0.2) is 0 Å². The summed E-state index contributed by atoms with van der Waals surface area (Å²) in [6.45, 7) is 11.7. The van der Waals surface area contributed by atoms with Crippen LogP contribution in [0.4, 0.5) is 0 Å². The number of nitrogens with one attached hydrogen (secondary N) is 1. The molecule has 0 saturated carbocycles. The second-order valence-corrected chi connectivity index (χ2v) is 6.13. The van der Waals surface area contributed by atoms with Crippen LogP contribution in [0, 0.1) is 0 Å². The third kappa shape index (κ3) is 5.95. The first-order valence-corrected chi connectivity index (χ1v) is 8.46. The second kappa shape index (κ2) is 9.13. The Morgan fingerprint density at radius 1 is 1.14 bits per heavy atom. The van der Waals surface area contributed by atoms with E-state index in [0.29, 0.717) is 25.4 Å². The molecular weight excluding hydrogens is 278 g/mol. The van der Waals surface area contributed by atoms with Crippen molar-refractivity contribution in [3.63, 3.8) is 0 Å². The van der Waals surface area contributed by atoms with Gasteiger partial charge in [0.05, 0.1) is 13.2 Å². The van der Waals surface area contributed by atoms with Crippen molar-refractivity contribution in [3.8, 4) is 5.75 Å². The van der Waals surface area contributed by atoms with Crippen LogP contribution in [0.25, 0.3) is 0 Å². The summed E-state index contributed by atoms with van der Waals surface area (Å²) in [6, 6.07) is 8.26. The topological polar surface area (TPSA) is 32.1 Å². The van der Waals surface area contributed by atoms with Gasteiger partial charge in [0.2, 0.25) is 0 Å². The first-order valence-electron chi connectivity index (χ1n) is 8.46. The zero-order valence-electron chi connectivity index (χ0n) is 14.1. The monoisotopic (exact) mass is 308 g/mol. The number of benzene rings is 1. The molecule has 1 aliphatic heterocycles. The van der Waals surface area contributed by atoms with E-state index < -0.39 is 0 Å². The molecule has 1 unspecified atom stereocenters. The van der Waals surface area contributed by atoms with Gasteiger partial charge in [0.1, 0.15) is 44.2 Å². The lowest BCUT2D eigenvalue weighted by molar-refractivity contribution is -0.915. The quantitative estimate of drug-likeness (QED) is 0.736. The molecule has 4 heteroatoms. The van der Waals surface area contributed by atoms with Crippen molar-refractivity contribution in [1.29, 1.82) is 0 Å². The lowest BCUT2D eigenvalue weighted by Crippen LogP contribution is -3.15. The van der Waals surface area contributed by atoms with Crippen molar-refractivity contribution in [2.24, 2.45) is 0 Å². The van der Waals surface area contributed by atoms with Gasteiger partial charge >= 0.3 is 0 Å². The van der Waals surface area contributed by atoms with E-state index in [1.54, 1.807) is 4.90 Å². The minimum atomic E-state index is 0.355. The van der Waals surface area contributed by atoms with Crippen LogP contribution >= 0.6 is 0 Å². The molecule has 1 aromatic rings. The first-order chi connectivity index (χ1) is 10.7. The van der Waals surface area contributed by atoms with Crippen molar-refractivity contribution < 1.29 is 19.1 Å². The van der Waals surface area contributed by atoms with Crippen molar-refractivity contribution >= 4 is 0 Å². The summed E-state index contributed by atoms with van der Waals surface area (Å²) in [5, 5.41) is 0. The maximum Gasteiger partial charge on any atom is 0.119 e. The molecule has 0 aromatic heterocycles. The standard InChI is InChI=1S/C18H29NO3/c1-4-17-6-5-7-18(12-17)21-11-10-20-9-8-19-13-15(2)22-16(3)14-19/h5-7,12,15-16H,4,8-11,13-14H2,1-3H3/p+1/t15-,16+. The number of morpholine rings is 1. The number of ether oxygens (including phenoxy) is 3. The molecule has 1 saturated heterocycles. The minimum absolute atomic E-state index is 0.355. The van der Waals surface area contributed by atoms with Crippen LogP contribution in [0.3, 0.4) is 0 Å². The molecule has 3 atom stereocenters. The van der Waals surface area contributed by atoms with Crippen molar-refractivity contribution in [2.45, 2.75) is 39.4 Å². The summed E-state index contributed by atoms with van der Waals surface area (Å²) >= 11 is 0. The molecule has 0 radical (unpaired) electrons. The molecule has 1 aromatic carbocycles. The SMILES string of the molecule is CCc1cccc(OCCOCC[NH+]2C[C@@H](C)O[C@@H](C)C2)c1. The summed E-state index contributed by atoms with van der Waals surface area (Å²) in [5.74, 6) is 0.935. The van der Waals surface area contributed by atoms with E-state index in [9.17, 15) is 0 Å². The highest BCUT2D eigenvalue weighted by molar-refractivity contribution is 5.28. The molecule has 2 rings (SSSR count). The maximum atomic E-state index is 5.75. The van der Waals surface area contributed by atoms with Crippen LogP contribution in [-0.2, 0) is 15.9 Å². The molecule has 1 N–H and O–H groups in total. The van der Waals surface area contributed by atoms with Crippen molar-refractivity contribution in [3.05, 3.63) is 29.8 Å². The summed E-state index contributed by atoms with van der Waals surface area (Å²) in [5.41, 5.74) is 1.30. The molecule has 4 nitrogen and oxygen atoms in total. The van der Waals surface area contributed by atoms with Gasteiger partial charge in [-0.15, -0.1) is 0 Å². The fourth-order valence-electron chi connectivity index (χ4n) is 2.99. The fourth-order valence-corrected chi connectivity index (χ4v) is 2.99. The smallest absolute Gasteiger partial charge is 0.119 e. The predicted octanol–water partition coefficient (Wildman–Crippen LogP) is 1.34. The van der Waals surface area contributed by atoms with Gasteiger partial charge in [-0.2, -0.15) is 0 Å². The summed E-state index contributed by atoms with van der Waals surface area (Å²) < 4.78 is 17.2. The maximum absolute atomic E-state index is 5.75. The molecule has 1 aliphatic rings. The second-order valence-electron chi connectivity index (χ2n) is 6.13. The summed E-state index contributed by atoms with van der Waals surface area (Å²) in [4.78, 5) is 1.57. The first kappa shape index (κ1) is 17.3. The number of quaternary nitrogens is 1. The third-order valence-electron chi connectivity index (χ3n) is 4.02. The Labute approximate surface area is 134 Å². The van der Waals surface area contributed by atoms with Gasteiger partial charge in [-0.25, -0.2) is 0 Å². The number of aryl methyl sites for hydroxylation is 1. The lowest BCUT2D eigenvalue weighted by atomic mass is 10.2. The average molecular weight is 308 g/mol. The molecule has 0 spiro atoms. The third-order valence-corrected chi connectivity index (χ3v) is 4.02. The van der Waals surface area contributed by atoms with E-state index in [4.69, 9.17) is 14.2 Å². The Bertz CT molecular complexity index is 428. The van der Waals surface area contributed by atoms with E-state index in [2.05, 4.69) is 32.9 Å². The molecule has 124 valence electrons. The highest BCUT2D eigenvalue weighted by Gasteiger charge is 2.24. The van der Waals surface area contributed by atoms with Crippen LogP contribution in [0.15, 0.2) is 24.3 Å². The van der Waals surface area contributed by atoms with Crippen molar-refractivity contribution in [2.75, 3.05) is 39.5 Å². The Kier molecular flexibility index (Phi) is 7.16. The fraction of sp³-hybridized carbons (Fsp3) is 0.667. The molecule has 1 fully saturated rings. The molecule has 1 heterocycles. The molecule has 0 amide bonds. The Morgan fingerprint density at radius 2 is 1.91 bits per heavy atom. The largest absolute Gasteiger partial charge is 0.491 e. The van der Waals surface area contributed by atoms with E-state index in [1.807, 2.05) is 12.1 Å². The predicted molar refractivity (Wildman–Crippen MR) is 87.7 cm³/mol. The molecular formula is C18H30NO3+. The van der Waals surface area contributed by atoms with E-state index >= 15 is 0 Å². The van der Waals surface area contributed by atoms with E-state index in [-0.39, 0.29) is 0 Å². The van der Waals surface area contributed by atoms with Gasteiger partial charge < -0.3 is 19.1 Å². The summed E-state index contributed by atoms with van der Waals surface area (Å²) in [6.07, 6.45) is 1.74. The summed E-state index contributed by atoms with van der Waals surface area (Å²) in [7, 11) is 0. The van der Waals surface area contributed by atoms with Gasteiger partial charge in [-0.05, 0) is 38.0 Å².